The van der Waals surface area contributed by atoms with Crippen LogP contribution in [0.5, 0.6) is 11.5 Å². The lowest BCUT2D eigenvalue weighted by Crippen LogP contribution is -2.27. The van der Waals surface area contributed by atoms with Crippen molar-refractivity contribution in [3.8, 4) is 11.5 Å². The quantitative estimate of drug-likeness (QED) is 0.462. The molecule has 0 radical (unpaired) electrons. The van der Waals surface area contributed by atoms with Gasteiger partial charge in [-0.2, -0.15) is 0 Å². The maximum absolute atomic E-state index is 12.9. The Hall–Kier alpha value is -3.10. The molecule has 0 saturated heterocycles. The smallest absolute Gasteiger partial charge is 0.336 e. The molecule has 3 rings (SSSR count). The van der Waals surface area contributed by atoms with Crippen LogP contribution >= 0.6 is 24.4 Å². The number of nitrogens with zero attached hydrogens (tertiary/aromatic N) is 1. The number of carbonyl (C=O) groups is 2. The molecule has 0 saturated carbocycles. The summed E-state index contributed by atoms with van der Waals surface area (Å²) in [5.41, 5.74) is 1.55. The first-order valence-electron chi connectivity index (χ1n) is 8.86. The molecule has 0 aromatic heterocycles. The summed E-state index contributed by atoms with van der Waals surface area (Å²) in [7, 11) is 2.97. The van der Waals surface area contributed by atoms with E-state index in [4.69, 9.17) is 21.1 Å². The van der Waals surface area contributed by atoms with Crippen molar-refractivity contribution in [3.63, 3.8) is 0 Å². The summed E-state index contributed by atoms with van der Waals surface area (Å²) < 4.78 is 11.7. The monoisotopic (exact) mass is 445 g/mol. The maximum Gasteiger partial charge on any atom is 0.336 e. The van der Waals surface area contributed by atoms with Gasteiger partial charge < -0.3 is 20.1 Å². The lowest BCUT2D eigenvalue weighted by atomic mass is 10.1. The van der Waals surface area contributed by atoms with E-state index in [-0.39, 0.29) is 5.91 Å². The molecule has 7 nitrogen and oxygen atoms in total. The second-order valence-electron chi connectivity index (χ2n) is 6.29. The molecule has 30 heavy (non-hydrogen) atoms. The number of nitrogens with one attached hydrogen (secondary N) is 2. The van der Waals surface area contributed by atoms with Crippen molar-refractivity contribution in [2.24, 2.45) is 0 Å². The van der Waals surface area contributed by atoms with E-state index in [9.17, 15) is 9.59 Å². The van der Waals surface area contributed by atoms with Crippen molar-refractivity contribution in [1.82, 2.24) is 0 Å². The van der Waals surface area contributed by atoms with Gasteiger partial charge >= 0.3 is 6.03 Å². The Balaban J connectivity index is 1.95. The fraction of sp³-hybridized carbons (Fsp3) is 0.143. The van der Waals surface area contributed by atoms with E-state index in [1.165, 1.54) is 31.5 Å². The summed E-state index contributed by atoms with van der Waals surface area (Å²) in [5.74, 6) is 0.628. The first kappa shape index (κ1) is 21.6. The Kier molecular flexibility index (Phi) is 6.59. The third-order valence-electron chi connectivity index (χ3n) is 4.35. The number of halogens is 1. The summed E-state index contributed by atoms with van der Waals surface area (Å²) in [6.07, 6.45) is 0. The minimum absolute atomic E-state index is 0.183. The molecule has 0 fully saturated rings. The van der Waals surface area contributed by atoms with E-state index in [1.807, 2.05) is 24.3 Å². The van der Waals surface area contributed by atoms with Crippen LogP contribution in [0.2, 0.25) is 5.02 Å². The maximum atomic E-state index is 12.9. The van der Waals surface area contributed by atoms with E-state index in [1.54, 1.807) is 18.2 Å². The van der Waals surface area contributed by atoms with Gasteiger partial charge in [0.15, 0.2) is 0 Å². The van der Waals surface area contributed by atoms with Gasteiger partial charge in [0.1, 0.15) is 11.5 Å². The zero-order valence-electron chi connectivity index (χ0n) is 16.5. The first-order chi connectivity index (χ1) is 14.3. The standard InChI is InChI=1S/C21H20ClN3O4S/c1-12(26)23-16-8-9-18(14-7-5-4-6-13(14)16)25(30)21(27)24-17-10-15(22)19(28-2)11-20(17)29-3/h4-11,30H,1-3H3,(H,23,26)(H,24,27). The van der Waals surface area contributed by atoms with Crippen LogP contribution < -0.4 is 24.4 Å². The minimum Gasteiger partial charge on any atom is -0.495 e. The van der Waals surface area contributed by atoms with Crippen molar-refractivity contribution in [3.05, 3.63) is 53.6 Å². The van der Waals surface area contributed by atoms with Crippen molar-refractivity contribution < 1.29 is 19.1 Å². The van der Waals surface area contributed by atoms with Gasteiger partial charge in [-0.05, 0) is 18.2 Å². The van der Waals surface area contributed by atoms with E-state index < -0.39 is 6.03 Å². The molecule has 3 aromatic rings. The normalized spacial score (nSPS) is 10.4. The molecule has 0 bridgehead atoms. The van der Waals surface area contributed by atoms with Gasteiger partial charge in [0.25, 0.3) is 0 Å². The van der Waals surface area contributed by atoms with Crippen LogP contribution in [-0.2, 0) is 4.79 Å². The highest BCUT2D eigenvalue weighted by molar-refractivity contribution is 7.82. The topological polar surface area (TPSA) is 79.9 Å². The molecular formula is C21H20ClN3O4S. The summed E-state index contributed by atoms with van der Waals surface area (Å²) in [4.78, 5) is 24.4. The van der Waals surface area contributed by atoms with Gasteiger partial charge in [0.2, 0.25) is 5.91 Å². The SMILES string of the molecule is COc1cc(OC)c(NC(=O)N(S)c2ccc(NC(C)=O)c3ccccc23)cc1Cl. The number of anilines is 3. The van der Waals surface area contributed by atoms with Crippen LogP contribution in [0.1, 0.15) is 6.92 Å². The van der Waals surface area contributed by atoms with Gasteiger partial charge in [-0.25, -0.2) is 9.10 Å². The third-order valence-corrected chi connectivity index (χ3v) is 5.04. The van der Waals surface area contributed by atoms with Crippen molar-refractivity contribution in [1.29, 1.82) is 0 Å². The molecule has 9 heteroatoms. The lowest BCUT2D eigenvalue weighted by molar-refractivity contribution is -0.114. The Morgan fingerprint density at radius 2 is 1.60 bits per heavy atom. The number of ether oxygens (including phenoxy) is 2. The molecule has 0 aliphatic heterocycles. The second-order valence-corrected chi connectivity index (χ2v) is 7.10. The van der Waals surface area contributed by atoms with Gasteiger partial charge in [0, 0.05) is 29.4 Å². The molecular weight excluding hydrogens is 426 g/mol. The number of urea groups is 1. The van der Waals surface area contributed by atoms with Crippen LogP contribution in [0, 0.1) is 0 Å². The number of amides is 3. The minimum atomic E-state index is -0.518. The molecule has 3 aromatic carbocycles. The van der Waals surface area contributed by atoms with Crippen LogP contribution in [-0.4, -0.2) is 26.2 Å². The van der Waals surface area contributed by atoms with E-state index in [0.29, 0.717) is 33.6 Å². The molecule has 0 heterocycles. The highest BCUT2D eigenvalue weighted by Gasteiger charge is 2.19. The predicted molar refractivity (Wildman–Crippen MR) is 123 cm³/mol. The number of rotatable bonds is 5. The lowest BCUT2D eigenvalue weighted by Gasteiger charge is -2.21. The van der Waals surface area contributed by atoms with Crippen molar-refractivity contribution >= 4 is 64.2 Å². The summed E-state index contributed by atoms with van der Waals surface area (Å²) in [6, 6.07) is 13.4. The number of benzene rings is 3. The van der Waals surface area contributed by atoms with Crippen molar-refractivity contribution in [2.75, 3.05) is 29.2 Å². The molecule has 0 aliphatic carbocycles. The molecule has 2 N–H and O–H groups in total. The first-order valence-corrected chi connectivity index (χ1v) is 9.64. The third kappa shape index (κ3) is 4.39. The van der Waals surface area contributed by atoms with E-state index in [0.717, 1.165) is 10.8 Å². The van der Waals surface area contributed by atoms with Crippen LogP contribution in [0.25, 0.3) is 10.8 Å². The van der Waals surface area contributed by atoms with Gasteiger partial charge in [0.05, 0.1) is 30.6 Å². The fourth-order valence-corrected chi connectivity index (χ4v) is 3.47. The number of hydrogen-bond donors (Lipinski definition) is 3. The number of methoxy groups -OCH3 is 2. The Labute approximate surface area is 184 Å². The number of fused-ring (bicyclic) bond motifs is 1. The Bertz CT molecular complexity index is 1120. The number of carbonyl (C=O) groups excluding carboxylic acids is 2. The largest absolute Gasteiger partial charge is 0.495 e. The predicted octanol–water partition coefficient (Wildman–Crippen LogP) is 5.35. The molecule has 0 unspecified atom stereocenters. The molecule has 3 amide bonds. The average Bonchev–Trinajstić information content (AvgIpc) is 2.73. The van der Waals surface area contributed by atoms with Gasteiger partial charge in [-0.15, -0.1) is 0 Å². The number of hydrogen-bond acceptors (Lipinski definition) is 5. The zero-order valence-corrected chi connectivity index (χ0v) is 18.2. The molecule has 156 valence electrons. The highest BCUT2D eigenvalue weighted by Crippen LogP contribution is 2.37. The van der Waals surface area contributed by atoms with E-state index >= 15 is 0 Å². The van der Waals surface area contributed by atoms with Gasteiger partial charge in [-0.1, -0.05) is 48.7 Å². The summed E-state index contributed by atoms with van der Waals surface area (Å²) in [5, 5.41) is 7.38. The van der Waals surface area contributed by atoms with Crippen LogP contribution in [0.4, 0.5) is 21.9 Å². The molecule has 0 aliphatic rings. The molecule has 0 spiro atoms. The van der Waals surface area contributed by atoms with Gasteiger partial charge in [-0.3, -0.25) is 4.79 Å². The number of thiol groups is 1. The zero-order chi connectivity index (χ0) is 21.8. The average molecular weight is 446 g/mol. The van der Waals surface area contributed by atoms with E-state index in [2.05, 4.69) is 23.4 Å². The van der Waals surface area contributed by atoms with Crippen LogP contribution in [0.3, 0.4) is 0 Å². The highest BCUT2D eigenvalue weighted by atomic mass is 35.5. The fourth-order valence-electron chi connectivity index (χ4n) is 3.00. The second kappa shape index (κ2) is 9.15. The Morgan fingerprint density at radius 3 is 2.23 bits per heavy atom. The van der Waals surface area contributed by atoms with Crippen molar-refractivity contribution in [2.45, 2.75) is 6.92 Å². The van der Waals surface area contributed by atoms with Crippen LogP contribution in [0.15, 0.2) is 48.5 Å². The Morgan fingerprint density at radius 1 is 0.933 bits per heavy atom. The molecule has 0 atom stereocenters. The summed E-state index contributed by atoms with van der Waals surface area (Å²) >= 11 is 10.6. The summed E-state index contributed by atoms with van der Waals surface area (Å²) in [6.45, 7) is 1.44.